The molecule has 68 valence electrons. The Morgan fingerprint density at radius 2 is 2.25 bits per heavy atom. The maximum Gasteiger partial charge on any atom is 0.318 e. The summed E-state index contributed by atoms with van der Waals surface area (Å²) in [6.45, 7) is 4.39. The predicted molar refractivity (Wildman–Crippen MR) is 46.5 cm³/mol. The zero-order chi connectivity index (χ0) is 9.56. The third-order valence-corrected chi connectivity index (χ3v) is 1.68. The van der Waals surface area contributed by atoms with Crippen molar-refractivity contribution in [1.82, 2.24) is 10.2 Å². The quantitative estimate of drug-likeness (QED) is 0.683. The Kier molecular flexibility index (Phi) is 4.86. The van der Waals surface area contributed by atoms with Crippen molar-refractivity contribution < 1.29 is 4.79 Å². The summed E-state index contributed by atoms with van der Waals surface area (Å²) in [5.74, 6) is 0. The standard InChI is InChI=1S/C8H15N3O/c1-4-7(6-9)10-8(12)11(3)5-2/h7H,4-5H2,1-3H3,(H,10,12). The molecule has 0 aliphatic heterocycles. The summed E-state index contributed by atoms with van der Waals surface area (Å²) in [5, 5.41) is 11.1. The topological polar surface area (TPSA) is 56.1 Å². The molecule has 0 radical (unpaired) electrons. The minimum atomic E-state index is -0.369. The second-order valence-corrected chi connectivity index (χ2v) is 2.55. The first-order valence-electron chi connectivity index (χ1n) is 4.06. The lowest BCUT2D eigenvalue weighted by atomic mass is 10.2. The fraction of sp³-hybridized carbons (Fsp3) is 0.750. The fourth-order valence-corrected chi connectivity index (χ4v) is 0.628. The van der Waals surface area contributed by atoms with Crippen LogP contribution in [0.5, 0.6) is 0 Å². The Bertz CT molecular complexity index is 185. The molecule has 0 spiro atoms. The first-order chi connectivity index (χ1) is 5.65. The van der Waals surface area contributed by atoms with Gasteiger partial charge in [-0.25, -0.2) is 4.79 Å². The van der Waals surface area contributed by atoms with Gasteiger partial charge < -0.3 is 10.2 Å². The van der Waals surface area contributed by atoms with Gasteiger partial charge >= 0.3 is 6.03 Å². The van der Waals surface area contributed by atoms with E-state index >= 15 is 0 Å². The highest BCUT2D eigenvalue weighted by molar-refractivity contribution is 5.74. The Morgan fingerprint density at radius 1 is 1.67 bits per heavy atom. The van der Waals surface area contributed by atoms with Crippen molar-refractivity contribution in [3.63, 3.8) is 0 Å². The Balaban J connectivity index is 3.92. The van der Waals surface area contributed by atoms with Crippen LogP contribution in [0.3, 0.4) is 0 Å². The van der Waals surface area contributed by atoms with Crippen molar-refractivity contribution in [3.05, 3.63) is 0 Å². The monoisotopic (exact) mass is 169 g/mol. The highest BCUT2D eigenvalue weighted by Crippen LogP contribution is 1.90. The van der Waals surface area contributed by atoms with Crippen molar-refractivity contribution in [2.75, 3.05) is 13.6 Å². The summed E-state index contributed by atoms with van der Waals surface area (Å²) >= 11 is 0. The Labute approximate surface area is 73.2 Å². The normalized spacial score (nSPS) is 11.5. The maximum atomic E-state index is 11.2. The molecule has 0 aromatic carbocycles. The molecule has 0 saturated heterocycles. The van der Waals surface area contributed by atoms with Crippen molar-refractivity contribution in [3.8, 4) is 6.07 Å². The molecule has 1 N–H and O–H groups in total. The molecule has 0 bridgehead atoms. The number of nitrogens with zero attached hydrogens (tertiary/aromatic N) is 2. The zero-order valence-corrected chi connectivity index (χ0v) is 7.79. The molecule has 0 saturated carbocycles. The number of hydrogen-bond acceptors (Lipinski definition) is 2. The zero-order valence-electron chi connectivity index (χ0n) is 7.79. The molecule has 0 aliphatic rings. The van der Waals surface area contributed by atoms with Gasteiger partial charge in [0.2, 0.25) is 0 Å². The number of carbonyl (C=O) groups is 1. The van der Waals surface area contributed by atoms with Gasteiger partial charge in [-0.2, -0.15) is 5.26 Å². The number of amides is 2. The molecule has 2 amide bonds. The van der Waals surface area contributed by atoms with Gasteiger partial charge in [0.25, 0.3) is 0 Å². The van der Waals surface area contributed by atoms with Crippen LogP contribution in [0.15, 0.2) is 0 Å². The summed E-state index contributed by atoms with van der Waals surface area (Å²) in [4.78, 5) is 12.7. The molecular formula is C8H15N3O. The first-order valence-corrected chi connectivity index (χ1v) is 4.06. The van der Waals surface area contributed by atoms with Gasteiger partial charge in [-0.1, -0.05) is 6.92 Å². The molecule has 4 nitrogen and oxygen atoms in total. The highest BCUT2D eigenvalue weighted by Gasteiger charge is 2.10. The molecule has 1 atom stereocenters. The molecule has 4 heteroatoms. The second-order valence-electron chi connectivity index (χ2n) is 2.55. The lowest BCUT2D eigenvalue weighted by molar-refractivity contribution is 0.209. The van der Waals surface area contributed by atoms with Gasteiger partial charge in [0.05, 0.1) is 6.07 Å². The average molecular weight is 169 g/mol. The molecule has 0 fully saturated rings. The highest BCUT2D eigenvalue weighted by atomic mass is 16.2. The molecule has 0 heterocycles. The van der Waals surface area contributed by atoms with E-state index in [1.54, 1.807) is 7.05 Å². The average Bonchev–Trinajstić information content (AvgIpc) is 2.12. The van der Waals surface area contributed by atoms with Crippen molar-refractivity contribution in [1.29, 1.82) is 5.26 Å². The van der Waals surface area contributed by atoms with Crippen LogP contribution in [-0.4, -0.2) is 30.6 Å². The lowest BCUT2D eigenvalue weighted by Gasteiger charge is -2.17. The number of hydrogen-bond donors (Lipinski definition) is 1. The van der Waals surface area contributed by atoms with Crippen LogP contribution in [0.4, 0.5) is 4.79 Å². The Hall–Kier alpha value is -1.24. The predicted octanol–water partition coefficient (Wildman–Crippen LogP) is 0.950. The van der Waals surface area contributed by atoms with E-state index in [9.17, 15) is 4.79 Å². The lowest BCUT2D eigenvalue weighted by Crippen LogP contribution is -2.42. The molecular weight excluding hydrogens is 154 g/mol. The van der Waals surface area contributed by atoms with E-state index in [1.807, 2.05) is 19.9 Å². The van der Waals surface area contributed by atoms with Crippen LogP contribution in [0.25, 0.3) is 0 Å². The van der Waals surface area contributed by atoms with Crippen LogP contribution in [0.2, 0.25) is 0 Å². The number of carbonyl (C=O) groups excluding carboxylic acids is 1. The third kappa shape index (κ3) is 3.24. The Morgan fingerprint density at radius 3 is 2.58 bits per heavy atom. The van der Waals surface area contributed by atoms with Gasteiger partial charge in [0.15, 0.2) is 0 Å². The van der Waals surface area contributed by atoms with E-state index in [0.717, 1.165) is 0 Å². The number of nitriles is 1. The van der Waals surface area contributed by atoms with Crippen LogP contribution >= 0.6 is 0 Å². The van der Waals surface area contributed by atoms with E-state index in [0.29, 0.717) is 13.0 Å². The minimum absolute atomic E-state index is 0.189. The summed E-state index contributed by atoms with van der Waals surface area (Å²) < 4.78 is 0. The summed E-state index contributed by atoms with van der Waals surface area (Å²) in [6, 6.07) is 1.45. The fourth-order valence-electron chi connectivity index (χ4n) is 0.628. The van der Waals surface area contributed by atoms with Crippen molar-refractivity contribution in [2.24, 2.45) is 0 Å². The van der Waals surface area contributed by atoms with Crippen molar-refractivity contribution in [2.45, 2.75) is 26.3 Å². The van der Waals surface area contributed by atoms with Gasteiger partial charge in [-0.15, -0.1) is 0 Å². The minimum Gasteiger partial charge on any atom is -0.328 e. The first kappa shape index (κ1) is 10.8. The van der Waals surface area contributed by atoms with E-state index < -0.39 is 0 Å². The van der Waals surface area contributed by atoms with E-state index in [4.69, 9.17) is 5.26 Å². The summed E-state index contributed by atoms with van der Waals surface area (Å²) in [7, 11) is 1.69. The largest absolute Gasteiger partial charge is 0.328 e. The third-order valence-electron chi connectivity index (χ3n) is 1.68. The molecule has 12 heavy (non-hydrogen) atoms. The van der Waals surface area contributed by atoms with E-state index in [-0.39, 0.29) is 12.1 Å². The van der Waals surface area contributed by atoms with E-state index in [1.165, 1.54) is 4.90 Å². The van der Waals surface area contributed by atoms with E-state index in [2.05, 4.69) is 5.32 Å². The van der Waals surface area contributed by atoms with Gasteiger partial charge in [-0.3, -0.25) is 0 Å². The van der Waals surface area contributed by atoms with Crippen LogP contribution < -0.4 is 5.32 Å². The second kappa shape index (κ2) is 5.42. The smallest absolute Gasteiger partial charge is 0.318 e. The van der Waals surface area contributed by atoms with Crippen LogP contribution in [0, 0.1) is 11.3 Å². The summed E-state index contributed by atoms with van der Waals surface area (Å²) in [6.07, 6.45) is 0.639. The number of urea groups is 1. The molecule has 0 aromatic rings. The van der Waals surface area contributed by atoms with Gasteiger partial charge in [0.1, 0.15) is 6.04 Å². The number of rotatable bonds is 3. The van der Waals surface area contributed by atoms with Gasteiger partial charge in [0, 0.05) is 13.6 Å². The van der Waals surface area contributed by atoms with Crippen molar-refractivity contribution >= 4 is 6.03 Å². The van der Waals surface area contributed by atoms with Crippen LogP contribution in [0.1, 0.15) is 20.3 Å². The molecule has 0 aromatic heterocycles. The molecule has 1 unspecified atom stereocenters. The maximum absolute atomic E-state index is 11.2. The molecule has 0 aliphatic carbocycles. The van der Waals surface area contributed by atoms with Crippen LogP contribution in [-0.2, 0) is 0 Å². The SMILES string of the molecule is CCC(C#N)NC(=O)N(C)CC. The number of nitrogens with one attached hydrogen (secondary N) is 1. The molecule has 0 rings (SSSR count). The van der Waals surface area contributed by atoms with Gasteiger partial charge in [-0.05, 0) is 13.3 Å². The summed E-state index contributed by atoms with van der Waals surface area (Å²) in [5.41, 5.74) is 0.